The Kier molecular flexibility index (Phi) is 5.24. The highest BCUT2D eigenvalue weighted by atomic mass is 16.5. The lowest BCUT2D eigenvalue weighted by atomic mass is 9.99. The Bertz CT molecular complexity index is 746. The normalized spacial score (nSPS) is 13.9. The Morgan fingerprint density at radius 3 is 2.36 bits per heavy atom. The van der Waals surface area contributed by atoms with Crippen LogP contribution in [0.4, 0.5) is 5.69 Å². The van der Waals surface area contributed by atoms with E-state index in [1.807, 2.05) is 49.5 Å². The second kappa shape index (κ2) is 7.57. The molecule has 25 heavy (non-hydrogen) atoms. The van der Waals surface area contributed by atoms with E-state index >= 15 is 0 Å². The number of carbonyl (C=O) groups is 1. The van der Waals surface area contributed by atoms with Gasteiger partial charge >= 0.3 is 0 Å². The largest absolute Gasteiger partial charge is 0.493 e. The summed E-state index contributed by atoms with van der Waals surface area (Å²) in [6, 6.07) is 13.8. The molecule has 1 heterocycles. The van der Waals surface area contributed by atoms with Gasteiger partial charge in [-0.2, -0.15) is 0 Å². The molecule has 0 spiro atoms. The number of fused-ring (bicyclic) bond motifs is 1. The first-order valence-electron chi connectivity index (χ1n) is 8.40. The van der Waals surface area contributed by atoms with Crippen molar-refractivity contribution in [3.8, 4) is 11.5 Å². The molecule has 3 rings (SSSR count). The van der Waals surface area contributed by atoms with E-state index in [0.29, 0.717) is 6.54 Å². The number of carbonyl (C=O) groups excluding carboxylic acids is 1. The fourth-order valence-corrected chi connectivity index (χ4v) is 3.17. The van der Waals surface area contributed by atoms with Gasteiger partial charge in [0.25, 0.3) is 0 Å². The highest BCUT2D eigenvalue weighted by molar-refractivity contribution is 5.94. The van der Waals surface area contributed by atoms with Gasteiger partial charge in [0, 0.05) is 25.8 Å². The quantitative estimate of drug-likeness (QED) is 0.839. The molecule has 0 fully saturated rings. The number of hydrogen-bond acceptors (Lipinski definition) is 4. The minimum absolute atomic E-state index is 0.0927. The number of para-hydroxylation sites is 1. The van der Waals surface area contributed by atoms with E-state index in [9.17, 15) is 4.79 Å². The Balaban J connectivity index is 1.69. The molecular formula is C20H24N2O3. The molecule has 0 unspecified atom stereocenters. The van der Waals surface area contributed by atoms with Crippen molar-refractivity contribution in [1.82, 2.24) is 4.90 Å². The van der Waals surface area contributed by atoms with E-state index in [2.05, 4.69) is 4.90 Å². The zero-order valence-corrected chi connectivity index (χ0v) is 15.0. The Hall–Kier alpha value is -2.53. The van der Waals surface area contributed by atoms with Crippen LogP contribution in [-0.2, 0) is 17.8 Å². The predicted octanol–water partition coefficient (Wildman–Crippen LogP) is 2.72. The van der Waals surface area contributed by atoms with E-state index in [4.69, 9.17) is 9.47 Å². The lowest BCUT2D eigenvalue weighted by Gasteiger charge is -2.30. The number of hydrogen-bond donors (Lipinski definition) is 0. The summed E-state index contributed by atoms with van der Waals surface area (Å²) >= 11 is 0. The average Bonchev–Trinajstić information content (AvgIpc) is 2.66. The number of methoxy groups -OCH3 is 2. The first-order chi connectivity index (χ1) is 12.1. The fraction of sp³-hybridized carbons (Fsp3) is 0.350. The van der Waals surface area contributed by atoms with Gasteiger partial charge in [-0.15, -0.1) is 0 Å². The maximum Gasteiger partial charge on any atom is 0.240 e. The molecule has 0 radical (unpaired) electrons. The van der Waals surface area contributed by atoms with Gasteiger partial charge in [-0.25, -0.2) is 0 Å². The molecule has 0 N–H and O–H groups in total. The molecule has 5 heteroatoms. The smallest absolute Gasteiger partial charge is 0.240 e. The van der Waals surface area contributed by atoms with Crippen LogP contribution < -0.4 is 14.4 Å². The highest BCUT2D eigenvalue weighted by Gasteiger charge is 2.22. The third-order valence-corrected chi connectivity index (χ3v) is 4.67. The monoisotopic (exact) mass is 340 g/mol. The molecule has 1 aliphatic heterocycles. The standard InChI is InChI=1S/C20H24N2O3/c1-21(17-7-5-4-6-8-17)20(23)14-22-10-9-15-11-18(24-2)19(25-3)12-16(15)13-22/h4-8,11-12H,9-10,13-14H2,1-3H3. The van der Waals surface area contributed by atoms with Crippen LogP contribution in [0.25, 0.3) is 0 Å². The number of likely N-dealkylation sites (N-methyl/N-ethyl adjacent to an activating group) is 1. The summed E-state index contributed by atoms with van der Waals surface area (Å²) in [5, 5.41) is 0. The van der Waals surface area contributed by atoms with Crippen molar-refractivity contribution in [1.29, 1.82) is 0 Å². The number of anilines is 1. The molecule has 0 aromatic heterocycles. The van der Waals surface area contributed by atoms with Gasteiger partial charge in [0.2, 0.25) is 5.91 Å². The molecule has 1 aliphatic rings. The topological polar surface area (TPSA) is 42.0 Å². The Morgan fingerprint density at radius 2 is 1.72 bits per heavy atom. The molecule has 0 saturated heterocycles. The second-order valence-electron chi connectivity index (χ2n) is 6.22. The average molecular weight is 340 g/mol. The van der Waals surface area contributed by atoms with Gasteiger partial charge in [-0.1, -0.05) is 18.2 Å². The third kappa shape index (κ3) is 3.77. The molecule has 2 aromatic carbocycles. The maximum absolute atomic E-state index is 12.6. The van der Waals surface area contributed by atoms with Crippen LogP contribution in [0.5, 0.6) is 11.5 Å². The number of amides is 1. The van der Waals surface area contributed by atoms with E-state index in [1.54, 1.807) is 19.1 Å². The summed E-state index contributed by atoms with van der Waals surface area (Å²) in [7, 11) is 5.12. The maximum atomic E-state index is 12.6. The summed E-state index contributed by atoms with van der Waals surface area (Å²) in [5.41, 5.74) is 3.37. The number of rotatable bonds is 5. The summed E-state index contributed by atoms with van der Waals surface area (Å²) in [5.74, 6) is 1.58. The van der Waals surface area contributed by atoms with Gasteiger partial charge in [0.1, 0.15) is 0 Å². The fourth-order valence-electron chi connectivity index (χ4n) is 3.17. The van der Waals surface area contributed by atoms with Crippen LogP contribution >= 0.6 is 0 Å². The van der Waals surface area contributed by atoms with E-state index in [0.717, 1.165) is 36.7 Å². The van der Waals surface area contributed by atoms with E-state index in [-0.39, 0.29) is 5.91 Å². The molecular weight excluding hydrogens is 316 g/mol. The van der Waals surface area contributed by atoms with Gasteiger partial charge < -0.3 is 14.4 Å². The molecule has 0 atom stereocenters. The molecule has 0 bridgehead atoms. The van der Waals surface area contributed by atoms with Crippen molar-refractivity contribution in [3.05, 3.63) is 53.6 Å². The van der Waals surface area contributed by atoms with Crippen LogP contribution in [-0.4, -0.2) is 45.2 Å². The zero-order valence-electron chi connectivity index (χ0n) is 15.0. The van der Waals surface area contributed by atoms with Crippen LogP contribution in [0.15, 0.2) is 42.5 Å². The summed E-state index contributed by atoms with van der Waals surface area (Å²) in [4.78, 5) is 16.5. The van der Waals surface area contributed by atoms with Crippen molar-refractivity contribution < 1.29 is 14.3 Å². The first kappa shape index (κ1) is 17.3. The lowest BCUT2D eigenvalue weighted by molar-refractivity contribution is -0.119. The van der Waals surface area contributed by atoms with Crippen molar-refractivity contribution in [3.63, 3.8) is 0 Å². The number of ether oxygens (including phenoxy) is 2. The summed E-state index contributed by atoms with van der Waals surface area (Å²) < 4.78 is 10.8. The first-order valence-corrected chi connectivity index (χ1v) is 8.40. The van der Waals surface area contributed by atoms with Crippen LogP contribution in [0.3, 0.4) is 0 Å². The van der Waals surface area contributed by atoms with Gasteiger partial charge in [-0.05, 0) is 41.8 Å². The van der Waals surface area contributed by atoms with Crippen LogP contribution in [0.2, 0.25) is 0 Å². The molecule has 2 aromatic rings. The Labute approximate surface area is 148 Å². The van der Waals surface area contributed by atoms with Gasteiger partial charge in [0.15, 0.2) is 11.5 Å². The SMILES string of the molecule is COc1cc2c(cc1OC)CN(CC(=O)N(C)c1ccccc1)CC2. The highest BCUT2D eigenvalue weighted by Crippen LogP contribution is 2.33. The van der Waals surface area contributed by atoms with E-state index < -0.39 is 0 Å². The molecule has 0 saturated carbocycles. The molecule has 1 amide bonds. The number of nitrogens with zero attached hydrogens (tertiary/aromatic N) is 2. The Morgan fingerprint density at radius 1 is 1.08 bits per heavy atom. The minimum atomic E-state index is 0.0927. The van der Waals surface area contributed by atoms with Crippen LogP contribution in [0.1, 0.15) is 11.1 Å². The van der Waals surface area contributed by atoms with E-state index in [1.165, 1.54) is 11.1 Å². The van der Waals surface area contributed by atoms with Crippen molar-refractivity contribution >= 4 is 11.6 Å². The predicted molar refractivity (Wildman–Crippen MR) is 98.4 cm³/mol. The lowest BCUT2D eigenvalue weighted by Crippen LogP contribution is -2.40. The number of benzene rings is 2. The summed E-state index contributed by atoms with van der Waals surface area (Å²) in [6.45, 7) is 2.00. The zero-order chi connectivity index (χ0) is 17.8. The minimum Gasteiger partial charge on any atom is -0.493 e. The van der Waals surface area contributed by atoms with Crippen molar-refractivity contribution in [2.75, 3.05) is 39.3 Å². The molecule has 132 valence electrons. The van der Waals surface area contributed by atoms with Gasteiger partial charge in [0.05, 0.1) is 20.8 Å². The summed E-state index contributed by atoms with van der Waals surface area (Å²) in [6.07, 6.45) is 0.901. The van der Waals surface area contributed by atoms with Gasteiger partial charge in [-0.3, -0.25) is 9.69 Å². The van der Waals surface area contributed by atoms with Crippen molar-refractivity contribution in [2.24, 2.45) is 0 Å². The molecule has 5 nitrogen and oxygen atoms in total. The molecule has 0 aliphatic carbocycles. The second-order valence-corrected chi connectivity index (χ2v) is 6.22. The third-order valence-electron chi connectivity index (χ3n) is 4.67. The van der Waals surface area contributed by atoms with Crippen LogP contribution in [0, 0.1) is 0 Å². The van der Waals surface area contributed by atoms with Crippen molar-refractivity contribution in [2.45, 2.75) is 13.0 Å².